The van der Waals surface area contributed by atoms with Gasteiger partial charge in [-0.3, -0.25) is 0 Å². The number of halogens is 2. The van der Waals surface area contributed by atoms with Crippen LogP contribution in [0.3, 0.4) is 0 Å². The molecule has 0 spiro atoms. The number of hydrogen-bond acceptors (Lipinski definition) is 4. The number of hydrogen-bond donors (Lipinski definition) is 2. The number of aliphatic hydroxyl groups excluding tert-OH is 2. The van der Waals surface area contributed by atoms with Crippen molar-refractivity contribution >= 4 is 66.3 Å². The van der Waals surface area contributed by atoms with Gasteiger partial charge in [0.2, 0.25) is 0 Å². The van der Waals surface area contributed by atoms with Gasteiger partial charge >= 0.3 is 0 Å². The van der Waals surface area contributed by atoms with Gasteiger partial charge < -0.3 is 19.7 Å². The van der Waals surface area contributed by atoms with Crippen molar-refractivity contribution in [3.05, 3.63) is 95.0 Å². The number of benzene rings is 6. The van der Waals surface area contributed by atoms with Crippen LogP contribution in [-0.4, -0.2) is 35.6 Å². The van der Waals surface area contributed by atoms with Crippen LogP contribution in [0.1, 0.15) is 26.7 Å². The predicted octanol–water partition coefficient (Wildman–Crippen LogP) is 9.57. The molecule has 6 aromatic rings. The Morgan fingerprint density at radius 3 is 1.26 bits per heavy atom. The Balaban J connectivity index is 1.76. The minimum atomic E-state index is -0.570. The van der Waals surface area contributed by atoms with E-state index in [2.05, 4.69) is 24.3 Å². The average molecular weight is 600 g/mol. The fourth-order valence-electron chi connectivity index (χ4n) is 5.67. The molecule has 0 fully saturated rings. The summed E-state index contributed by atoms with van der Waals surface area (Å²) >= 11 is 13.3. The van der Waals surface area contributed by atoms with Crippen molar-refractivity contribution in [1.82, 2.24) is 0 Å². The highest BCUT2D eigenvalue weighted by Crippen LogP contribution is 2.50. The van der Waals surface area contributed by atoms with Gasteiger partial charge in [-0.15, -0.1) is 0 Å². The Kier molecular flexibility index (Phi) is 8.15. The lowest BCUT2D eigenvalue weighted by Crippen LogP contribution is -2.16. The monoisotopic (exact) mass is 598 g/mol. The molecule has 6 aromatic carbocycles. The van der Waals surface area contributed by atoms with Gasteiger partial charge in [0.1, 0.15) is 24.7 Å². The zero-order valence-electron chi connectivity index (χ0n) is 23.5. The smallest absolute Gasteiger partial charge is 0.135 e. The minimum absolute atomic E-state index is 0.189. The highest BCUT2D eigenvalue weighted by Gasteiger charge is 2.23. The van der Waals surface area contributed by atoms with Gasteiger partial charge in [-0.2, -0.15) is 0 Å². The first-order chi connectivity index (χ1) is 20.4. The number of fused-ring (bicyclic) bond motifs is 4. The van der Waals surface area contributed by atoms with Gasteiger partial charge in [-0.1, -0.05) is 85.6 Å². The van der Waals surface area contributed by atoms with E-state index in [0.29, 0.717) is 34.4 Å². The first-order valence-corrected chi connectivity index (χ1v) is 15.1. The van der Waals surface area contributed by atoms with E-state index in [9.17, 15) is 10.2 Å². The van der Waals surface area contributed by atoms with Crippen LogP contribution in [0.5, 0.6) is 11.5 Å². The van der Waals surface area contributed by atoms with Crippen LogP contribution in [0, 0.1) is 0 Å². The molecular weight excluding hydrogens is 567 g/mol. The van der Waals surface area contributed by atoms with Crippen LogP contribution in [0.15, 0.2) is 84.9 Å². The Morgan fingerprint density at radius 1 is 0.524 bits per heavy atom. The predicted molar refractivity (Wildman–Crippen MR) is 176 cm³/mol. The number of ether oxygens (including phenoxy) is 2. The van der Waals surface area contributed by atoms with Crippen molar-refractivity contribution < 1.29 is 19.7 Å². The van der Waals surface area contributed by atoms with E-state index < -0.39 is 12.2 Å². The van der Waals surface area contributed by atoms with Crippen molar-refractivity contribution in [2.75, 3.05) is 13.2 Å². The van der Waals surface area contributed by atoms with Gasteiger partial charge in [0, 0.05) is 31.6 Å². The summed E-state index contributed by atoms with van der Waals surface area (Å²) in [7, 11) is 0. The maximum Gasteiger partial charge on any atom is 0.135 e. The second-order valence-corrected chi connectivity index (χ2v) is 11.5. The molecule has 0 saturated heterocycles. The largest absolute Gasteiger partial charge is 0.490 e. The third-order valence-electron chi connectivity index (χ3n) is 7.91. The summed E-state index contributed by atoms with van der Waals surface area (Å²) in [5.74, 6) is 1.43. The molecule has 0 aliphatic rings. The maximum absolute atomic E-state index is 10.3. The lowest BCUT2D eigenvalue weighted by atomic mass is 9.85. The van der Waals surface area contributed by atoms with Crippen LogP contribution in [0.25, 0.3) is 54.2 Å². The van der Waals surface area contributed by atoms with Gasteiger partial charge in [-0.25, -0.2) is 0 Å². The lowest BCUT2D eigenvalue weighted by Gasteiger charge is -2.23. The van der Waals surface area contributed by atoms with Crippen molar-refractivity contribution in [1.29, 1.82) is 0 Å². The molecule has 0 amide bonds. The quantitative estimate of drug-likeness (QED) is 0.163. The Labute approximate surface area is 255 Å². The second-order valence-electron chi connectivity index (χ2n) is 10.6. The van der Waals surface area contributed by atoms with Crippen molar-refractivity contribution in [3.8, 4) is 22.6 Å². The SMILES string of the molecule is CCC(O)COc1c2ccccc2c(-c2c3ccccc3c(OCC(O)CC)c3ccc(Cl)cc23)c2cc(Cl)ccc12. The first-order valence-electron chi connectivity index (χ1n) is 14.3. The molecule has 0 saturated carbocycles. The summed E-state index contributed by atoms with van der Waals surface area (Å²) in [5, 5.41) is 29.4. The molecule has 4 nitrogen and oxygen atoms in total. The summed E-state index contributed by atoms with van der Waals surface area (Å²) in [6, 6.07) is 28.0. The normalized spacial score (nSPS) is 13.2. The standard InChI is InChI=1S/C36H32Cl2O4/c1-3-23(39)19-41-35-27-11-7-5-9-25(27)33(31-17-21(37)13-15-29(31)35)34-26-10-6-8-12-28(26)36(42-20-24(40)4-2)30-16-14-22(38)18-32(30)34/h5-18,23-24,39-40H,3-4,19-20H2,1-2H3. The van der Waals surface area contributed by atoms with E-state index in [-0.39, 0.29) is 13.2 Å². The fourth-order valence-corrected chi connectivity index (χ4v) is 6.01. The molecule has 6 rings (SSSR count). The number of rotatable bonds is 9. The van der Waals surface area contributed by atoms with E-state index in [4.69, 9.17) is 32.7 Å². The number of aliphatic hydroxyl groups is 2. The molecule has 0 aliphatic carbocycles. The minimum Gasteiger partial charge on any atom is -0.490 e. The molecule has 0 heterocycles. The van der Waals surface area contributed by atoms with Gasteiger partial charge in [0.25, 0.3) is 0 Å². The van der Waals surface area contributed by atoms with Crippen LogP contribution < -0.4 is 9.47 Å². The first kappa shape index (κ1) is 28.6. The average Bonchev–Trinajstić information content (AvgIpc) is 3.01. The summed E-state index contributed by atoms with van der Waals surface area (Å²) < 4.78 is 12.7. The van der Waals surface area contributed by atoms with E-state index in [1.165, 1.54) is 0 Å². The lowest BCUT2D eigenvalue weighted by molar-refractivity contribution is 0.106. The molecule has 6 heteroatoms. The highest BCUT2D eigenvalue weighted by atomic mass is 35.5. The van der Waals surface area contributed by atoms with E-state index in [1.54, 1.807) is 0 Å². The summed E-state index contributed by atoms with van der Waals surface area (Å²) in [5.41, 5.74) is 2.02. The molecule has 42 heavy (non-hydrogen) atoms. The molecule has 0 aromatic heterocycles. The molecule has 2 unspecified atom stereocenters. The fraction of sp³-hybridized carbons (Fsp3) is 0.222. The molecule has 214 valence electrons. The van der Waals surface area contributed by atoms with Gasteiger partial charge in [0.05, 0.1) is 12.2 Å². The third-order valence-corrected chi connectivity index (χ3v) is 8.38. The van der Waals surface area contributed by atoms with Gasteiger partial charge in [0.15, 0.2) is 0 Å². The summed E-state index contributed by atoms with van der Waals surface area (Å²) in [4.78, 5) is 0. The Hall–Kier alpha value is -3.54. The Bertz CT molecular complexity index is 1790. The van der Waals surface area contributed by atoms with E-state index >= 15 is 0 Å². The molecule has 2 N–H and O–H groups in total. The van der Waals surface area contributed by atoms with E-state index in [1.807, 2.05) is 74.5 Å². The van der Waals surface area contributed by atoms with Crippen LogP contribution in [0.4, 0.5) is 0 Å². The van der Waals surface area contributed by atoms with Crippen molar-refractivity contribution in [3.63, 3.8) is 0 Å². The highest BCUT2D eigenvalue weighted by molar-refractivity contribution is 6.34. The van der Waals surface area contributed by atoms with Crippen molar-refractivity contribution in [2.24, 2.45) is 0 Å². The zero-order chi connectivity index (χ0) is 29.4. The Morgan fingerprint density at radius 2 is 0.881 bits per heavy atom. The molecule has 0 bridgehead atoms. The second kappa shape index (κ2) is 12.0. The van der Waals surface area contributed by atoms with Gasteiger partial charge in [-0.05, 0) is 81.9 Å². The summed E-state index contributed by atoms with van der Waals surface area (Å²) in [6.07, 6.45) is 0.0592. The zero-order valence-corrected chi connectivity index (χ0v) is 25.0. The van der Waals surface area contributed by atoms with Crippen LogP contribution in [-0.2, 0) is 0 Å². The molecule has 0 radical (unpaired) electrons. The van der Waals surface area contributed by atoms with Crippen molar-refractivity contribution in [2.45, 2.75) is 38.9 Å². The topological polar surface area (TPSA) is 58.9 Å². The summed E-state index contributed by atoms with van der Waals surface area (Å²) in [6.45, 7) is 4.25. The van der Waals surface area contributed by atoms with Crippen LogP contribution in [0.2, 0.25) is 10.0 Å². The van der Waals surface area contributed by atoms with E-state index in [0.717, 1.165) is 54.2 Å². The maximum atomic E-state index is 10.3. The van der Waals surface area contributed by atoms with Crippen LogP contribution >= 0.6 is 23.2 Å². The molecule has 2 atom stereocenters. The molecular formula is C36H32Cl2O4. The molecule has 0 aliphatic heterocycles. The third kappa shape index (κ3) is 5.14.